The van der Waals surface area contributed by atoms with Gasteiger partial charge in [0, 0.05) is 43.8 Å². The lowest BCUT2D eigenvalue weighted by Crippen LogP contribution is -2.38. The maximum atomic E-state index is 12.8. The van der Waals surface area contributed by atoms with Gasteiger partial charge in [-0.3, -0.25) is 4.79 Å². The molecule has 0 N–H and O–H groups in total. The molecular weight excluding hydrogens is 318 g/mol. The van der Waals surface area contributed by atoms with Gasteiger partial charge in [0.1, 0.15) is 0 Å². The van der Waals surface area contributed by atoms with Crippen LogP contribution in [-0.4, -0.2) is 33.4 Å². The number of carbonyl (C=O) groups is 1. The summed E-state index contributed by atoms with van der Waals surface area (Å²) in [6, 6.07) is 8.41. The summed E-state index contributed by atoms with van der Waals surface area (Å²) in [4.78, 5) is 19.1. The second-order valence-electron chi connectivity index (χ2n) is 6.52. The minimum Gasteiger partial charge on any atom is -0.339 e. The van der Waals surface area contributed by atoms with Crippen LogP contribution in [0.3, 0.4) is 0 Å². The monoisotopic (exact) mass is 343 g/mol. The number of hydrogen-bond acceptors (Lipinski definition) is 3. The summed E-state index contributed by atoms with van der Waals surface area (Å²) in [6.07, 6.45) is 9.81. The Balaban J connectivity index is 1.65. The molecule has 2 aromatic rings. The average Bonchev–Trinajstić information content (AvgIpc) is 3.04. The summed E-state index contributed by atoms with van der Waals surface area (Å²) in [5.74, 6) is 0.963. The molecule has 128 valence electrons. The van der Waals surface area contributed by atoms with Gasteiger partial charge in [0.15, 0.2) is 5.16 Å². The molecule has 0 aliphatic heterocycles. The van der Waals surface area contributed by atoms with Gasteiger partial charge in [-0.2, -0.15) is 0 Å². The van der Waals surface area contributed by atoms with Gasteiger partial charge in [-0.05, 0) is 30.5 Å². The molecule has 1 saturated carbocycles. The minimum atomic E-state index is 0.144. The van der Waals surface area contributed by atoms with Crippen LogP contribution in [0, 0.1) is 0 Å². The minimum absolute atomic E-state index is 0.144. The van der Waals surface area contributed by atoms with Crippen LogP contribution < -0.4 is 0 Å². The van der Waals surface area contributed by atoms with E-state index in [-0.39, 0.29) is 5.91 Å². The van der Waals surface area contributed by atoms with Crippen LogP contribution >= 0.6 is 11.8 Å². The number of amides is 1. The SMILES string of the molecule is CN(C(=O)c1cccc(CSc2nccn2C)c1)C1CCCCC1. The molecule has 0 bridgehead atoms. The molecule has 0 unspecified atom stereocenters. The van der Waals surface area contributed by atoms with Crippen molar-refractivity contribution in [3.05, 3.63) is 47.8 Å². The zero-order valence-electron chi connectivity index (χ0n) is 14.4. The fourth-order valence-corrected chi connectivity index (χ4v) is 4.15. The molecule has 24 heavy (non-hydrogen) atoms. The summed E-state index contributed by atoms with van der Waals surface area (Å²) >= 11 is 1.69. The fourth-order valence-electron chi connectivity index (χ4n) is 3.27. The molecule has 0 saturated heterocycles. The first kappa shape index (κ1) is 17.1. The molecule has 1 aromatic heterocycles. The lowest BCUT2D eigenvalue weighted by atomic mass is 9.94. The molecule has 1 aliphatic carbocycles. The van der Waals surface area contributed by atoms with Gasteiger partial charge >= 0.3 is 0 Å². The summed E-state index contributed by atoms with van der Waals surface area (Å²) in [7, 11) is 3.95. The van der Waals surface area contributed by atoms with Crippen molar-refractivity contribution in [2.24, 2.45) is 7.05 Å². The van der Waals surface area contributed by atoms with E-state index in [4.69, 9.17) is 0 Å². The number of aryl methyl sites for hydroxylation is 1. The van der Waals surface area contributed by atoms with Gasteiger partial charge in [0.05, 0.1) is 0 Å². The van der Waals surface area contributed by atoms with Crippen molar-refractivity contribution in [2.75, 3.05) is 7.05 Å². The van der Waals surface area contributed by atoms with Gasteiger partial charge in [0.2, 0.25) is 0 Å². The van der Waals surface area contributed by atoms with E-state index in [0.717, 1.165) is 34.9 Å². The number of hydrogen-bond donors (Lipinski definition) is 0. The van der Waals surface area contributed by atoms with Crippen molar-refractivity contribution < 1.29 is 4.79 Å². The quantitative estimate of drug-likeness (QED) is 0.767. The van der Waals surface area contributed by atoms with Crippen LogP contribution in [0.15, 0.2) is 41.8 Å². The van der Waals surface area contributed by atoms with E-state index in [0.29, 0.717) is 6.04 Å². The number of aromatic nitrogens is 2. The second kappa shape index (κ2) is 7.88. The van der Waals surface area contributed by atoms with E-state index in [1.165, 1.54) is 19.3 Å². The zero-order chi connectivity index (χ0) is 16.9. The van der Waals surface area contributed by atoms with Gasteiger partial charge in [-0.25, -0.2) is 4.98 Å². The second-order valence-corrected chi connectivity index (χ2v) is 7.46. The normalized spacial score (nSPS) is 15.4. The van der Waals surface area contributed by atoms with Crippen molar-refractivity contribution in [3.63, 3.8) is 0 Å². The lowest BCUT2D eigenvalue weighted by molar-refractivity contribution is 0.0696. The Morgan fingerprint density at radius 1 is 1.33 bits per heavy atom. The van der Waals surface area contributed by atoms with Gasteiger partial charge in [-0.1, -0.05) is 43.2 Å². The molecule has 1 aromatic carbocycles. The summed E-state index contributed by atoms with van der Waals surface area (Å²) in [5, 5.41) is 0.992. The van der Waals surface area contributed by atoms with Crippen LogP contribution in [0.5, 0.6) is 0 Å². The Kier molecular flexibility index (Phi) is 5.61. The number of nitrogens with zero attached hydrogens (tertiary/aromatic N) is 3. The van der Waals surface area contributed by atoms with Crippen LogP contribution in [0.4, 0.5) is 0 Å². The van der Waals surface area contributed by atoms with Crippen LogP contribution in [0.2, 0.25) is 0 Å². The van der Waals surface area contributed by atoms with Crippen LogP contribution in [0.25, 0.3) is 0 Å². The first-order chi connectivity index (χ1) is 11.6. The molecule has 1 fully saturated rings. The van der Waals surface area contributed by atoms with Gasteiger partial charge in [-0.15, -0.1) is 0 Å². The summed E-state index contributed by atoms with van der Waals surface area (Å²) < 4.78 is 2.01. The molecule has 1 aliphatic rings. The van der Waals surface area contributed by atoms with Gasteiger partial charge in [0.25, 0.3) is 5.91 Å². The topological polar surface area (TPSA) is 38.1 Å². The van der Waals surface area contributed by atoms with Crippen molar-refractivity contribution >= 4 is 17.7 Å². The van der Waals surface area contributed by atoms with E-state index in [1.54, 1.807) is 18.0 Å². The third-order valence-electron chi connectivity index (χ3n) is 4.76. The van der Waals surface area contributed by atoms with E-state index >= 15 is 0 Å². The highest BCUT2D eigenvalue weighted by atomic mass is 32.2. The molecule has 5 heteroatoms. The van der Waals surface area contributed by atoms with Crippen LogP contribution in [0.1, 0.15) is 48.0 Å². The fraction of sp³-hybridized carbons (Fsp3) is 0.474. The first-order valence-electron chi connectivity index (χ1n) is 8.61. The van der Waals surface area contributed by atoms with Crippen molar-refractivity contribution in [1.29, 1.82) is 0 Å². The molecule has 3 rings (SSSR count). The Bertz CT molecular complexity index is 691. The number of imidazole rings is 1. The summed E-state index contributed by atoms with van der Waals surface area (Å²) in [6.45, 7) is 0. The standard InChI is InChI=1S/C19H25N3OS/c1-21-12-11-20-19(21)24-14-15-7-6-8-16(13-15)18(23)22(2)17-9-4-3-5-10-17/h6-8,11-13,17H,3-5,9-10,14H2,1-2H3. The number of thioether (sulfide) groups is 1. The molecule has 1 amide bonds. The Morgan fingerprint density at radius 3 is 2.83 bits per heavy atom. The maximum absolute atomic E-state index is 12.8. The lowest BCUT2D eigenvalue weighted by Gasteiger charge is -2.31. The Hall–Kier alpha value is -1.75. The highest BCUT2D eigenvalue weighted by Crippen LogP contribution is 2.24. The number of benzene rings is 1. The van der Waals surface area contributed by atoms with Crippen molar-refractivity contribution in [1.82, 2.24) is 14.5 Å². The molecule has 0 atom stereocenters. The van der Waals surface area contributed by atoms with Crippen LogP contribution in [-0.2, 0) is 12.8 Å². The first-order valence-corrected chi connectivity index (χ1v) is 9.60. The van der Waals surface area contributed by atoms with E-state index in [1.807, 2.05) is 48.0 Å². The Morgan fingerprint density at radius 2 is 2.12 bits per heavy atom. The zero-order valence-corrected chi connectivity index (χ0v) is 15.3. The molecule has 0 radical (unpaired) electrons. The molecular formula is C19H25N3OS. The third-order valence-corrected chi connectivity index (χ3v) is 5.89. The average molecular weight is 343 g/mol. The van der Waals surface area contributed by atoms with E-state index < -0.39 is 0 Å². The largest absolute Gasteiger partial charge is 0.339 e. The smallest absolute Gasteiger partial charge is 0.253 e. The van der Waals surface area contributed by atoms with E-state index in [9.17, 15) is 4.79 Å². The number of rotatable bonds is 5. The third kappa shape index (κ3) is 4.01. The molecule has 0 spiro atoms. The summed E-state index contributed by atoms with van der Waals surface area (Å²) in [5.41, 5.74) is 1.95. The highest BCUT2D eigenvalue weighted by molar-refractivity contribution is 7.98. The highest BCUT2D eigenvalue weighted by Gasteiger charge is 2.23. The molecule has 4 nitrogen and oxygen atoms in total. The van der Waals surface area contributed by atoms with Gasteiger partial charge < -0.3 is 9.47 Å². The predicted octanol–water partition coefficient (Wildman–Crippen LogP) is 4.12. The predicted molar refractivity (Wildman–Crippen MR) is 98.2 cm³/mol. The molecule has 1 heterocycles. The Labute approximate surface area is 148 Å². The number of carbonyl (C=O) groups excluding carboxylic acids is 1. The van der Waals surface area contributed by atoms with E-state index in [2.05, 4.69) is 11.1 Å². The maximum Gasteiger partial charge on any atom is 0.253 e. The van der Waals surface area contributed by atoms with Crippen molar-refractivity contribution in [2.45, 2.75) is 49.1 Å². The van der Waals surface area contributed by atoms with Crippen molar-refractivity contribution in [3.8, 4) is 0 Å².